The molecule has 1 amide bonds. The summed E-state index contributed by atoms with van der Waals surface area (Å²) in [6.45, 7) is 1.89. The highest BCUT2D eigenvalue weighted by molar-refractivity contribution is 7.99. The van der Waals surface area contributed by atoms with Gasteiger partial charge in [0.05, 0.1) is 29.0 Å². The Hall–Kier alpha value is -3.52. The molecule has 0 atom stereocenters. The molecule has 0 aliphatic rings. The Labute approximate surface area is 172 Å². The first-order valence-corrected chi connectivity index (χ1v) is 10.0. The highest BCUT2D eigenvalue weighted by Gasteiger charge is 2.14. The molecule has 0 aliphatic heterocycles. The highest BCUT2D eigenvalue weighted by Crippen LogP contribution is 2.23. The van der Waals surface area contributed by atoms with E-state index < -0.39 is 0 Å². The number of rotatable bonds is 6. The van der Waals surface area contributed by atoms with E-state index in [1.165, 1.54) is 16.4 Å². The van der Waals surface area contributed by atoms with Gasteiger partial charge in [-0.05, 0) is 19.1 Å². The summed E-state index contributed by atoms with van der Waals surface area (Å²) in [6, 6.07) is 21.3. The standard InChI is InChI=1S/C21H20N6OS/c1-15-12-19(27(25-15)17-10-6-3-7-11-17)24-20(28)14-29-21-23-18(13-26(21)22)16-8-4-2-5-9-16/h2-13H,14,22H2,1H3,(H,24,28). The minimum absolute atomic E-state index is 0.156. The van der Waals surface area contributed by atoms with Crippen molar-refractivity contribution in [3.63, 3.8) is 0 Å². The predicted octanol–water partition coefficient (Wildman–Crippen LogP) is 3.49. The molecule has 7 nitrogen and oxygen atoms in total. The monoisotopic (exact) mass is 404 g/mol. The number of amides is 1. The van der Waals surface area contributed by atoms with Crippen LogP contribution in [-0.2, 0) is 4.79 Å². The maximum atomic E-state index is 12.5. The van der Waals surface area contributed by atoms with Crippen LogP contribution in [0.5, 0.6) is 0 Å². The lowest BCUT2D eigenvalue weighted by atomic mass is 10.2. The van der Waals surface area contributed by atoms with Gasteiger partial charge in [0.1, 0.15) is 5.82 Å². The van der Waals surface area contributed by atoms with Crippen LogP contribution in [0.15, 0.2) is 78.1 Å². The van der Waals surface area contributed by atoms with E-state index in [0.29, 0.717) is 11.0 Å². The van der Waals surface area contributed by atoms with E-state index in [0.717, 1.165) is 22.6 Å². The molecule has 0 fully saturated rings. The molecule has 0 unspecified atom stereocenters. The number of carbonyl (C=O) groups excluding carboxylic acids is 1. The van der Waals surface area contributed by atoms with Gasteiger partial charge in [-0.2, -0.15) is 5.10 Å². The zero-order valence-corrected chi connectivity index (χ0v) is 16.6. The molecule has 29 heavy (non-hydrogen) atoms. The molecule has 0 spiro atoms. The van der Waals surface area contributed by atoms with Crippen LogP contribution >= 0.6 is 11.8 Å². The van der Waals surface area contributed by atoms with Crippen LogP contribution in [0, 0.1) is 6.92 Å². The lowest BCUT2D eigenvalue weighted by Gasteiger charge is -2.08. The summed E-state index contributed by atoms with van der Waals surface area (Å²) in [4.78, 5) is 17.0. The Morgan fingerprint density at radius 1 is 1.10 bits per heavy atom. The molecule has 0 bridgehead atoms. The molecular formula is C21H20N6OS. The van der Waals surface area contributed by atoms with Crippen molar-refractivity contribution in [1.29, 1.82) is 0 Å². The summed E-state index contributed by atoms with van der Waals surface area (Å²) in [7, 11) is 0. The molecule has 0 radical (unpaired) electrons. The average Bonchev–Trinajstić information content (AvgIpc) is 3.30. The number of aryl methyl sites for hydroxylation is 1. The van der Waals surface area contributed by atoms with E-state index in [2.05, 4.69) is 15.4 Å². The van der Waals surface area contributed by atoms with Gasteiger partial charge in [-0.15, -0.1) is 0 Å². The Kier molecular flexibility index (Phi) is 5.35. The van der Waals surface area contributed by atoms with Crippen molar-refractivity contribution in [2.45, 2.75) is 12.1 Å². The number of anilines is 1. The molecule has 2 aromatic carbocycles. The fourth-order valence-corrected chi connectivity index (χ4v) is 3.59. The maximum absolute atomic E-state index is 12.5. The van der Waals surface area contributed by atoms with E-state index in [-0.39, 0.29) is 11.7 Å². The highest BCUT2D eigenvalue weighted by atomic mass is 32.2. The Balaban J connectivity index is 1.44. The number of hydrogen-bond acceptors (Lipinski definition) is 5. The molecule has 0 saturated carbocycles. The average molecular weight is 404 g/mol. The normalized spacial score (nSPS) is 10.8. The number of hydrogen-bond donors (Lipinski definition) is 2. The van der Waals surface area contributed by atoms with Gasteiger partial charge in [-0.25, -0.2) is 14.3 Å². The van der Waals surface area contributed by atoms with Crippen molar-refractivity contribution >= 4 is 23.5 Å². The first kappa shape index (κ1) is 18.8. The quantitative estimate of drug-likeness (QED) is 0.379. The second kappa shape index (κ2) is 8.24. The van der Waals surface area contributed by atoms with Gasteiger partial charge in [0.25, 0.3) is 0 Å². The van der Waals surface area contributed by atoms with E-state index in [9.17, 15) is 4.79 Å². The van der Waals surface area contributed by atoms with E-state index in [1.54, 1.807) is 10.9 Å². The maximum Gasteiger partial charge on any atom is 0.236 e. The third kappa shape index (κ3) is 4.33. The number of imidazole rings is 1. The molecule has 4 aromatic rings. The molecule has 0 saturated heterocycles. The molecule has 146 valence electrons. The smallest absolute Gasteiger partial charge is 0.236 e. The minimum atomic E-state index is -0.156. The first-order chi connectivity index (χ1) is 14.1. The van der Waals surface area contributed by atoms with Gasteiger partial charge in [0.2, 0.25) is 5.91 Å². The molecule has 4 rings (SSSR count). The number of benzene rings is 2. The Morgan fingerprint density at radius 2 is 1.79 bits per heavy atom. The van der Waals surface area contributed by atoms with Crippen LogP contribution in [0.1, 0.15) is 5.69 Å². The van der Waals surface area contributed by atoms with Crippen molar-refractivity contribution in [1.82, 2.24) is 19.4 Å². The molecule has 2 aromatic heterocycles. The minimum Gasteiger partial charge on any atom is -0.337 e. The van der Waals surface area contributed by atoms with Crippen LogP contribution in [-0.4, -0.2) is 31.1 Å². The second-order valence-corrected chi connectivity index (χ2v) is 7.38. The van der Waals surface area contributed by atoms with Gasteiger partial charge >= 0.3 is 0 Å². The van der Waals surface area contributed by atoms with Gasteiger partial charge in [0, 0.05) is 11.6 Å². The molecule has 2 heterocycles. The molecule has 8 heteroatoms. The number of nitrogens with zero attached hydrogens (tertiary/aromatic N) is 4. The van der Waals surface area contributed by atoms with Crippen molar-refractivity contribution in [2.24, 2.45) is 0 Å². The van der Waals surface area contributed by atoms with Gasteiger partial charge in [0.15, 0.2) is 5.16 Å². The number of thioether (sulfide) groups is 1. The summed E-state index contributed by atoms with van der Waals surface area (Å²) >= 11 is 1.28. The molecule has 0 aliphatic carbocycles. The van der Waals surface area contributed by atoms with Gasteiger partial charge in [-0.1, -0.05) is 60.3 Å². The Morgan fingerprint density at radius 3 is 2.52 bits per heavy atom. The number of para-hydroxylation sites is 1. The van der Waals surface area contributed by atoms with Crippen LogP contribution in [0.2, 0.25) is 0 Å². The zero-order valence-electron chi connectivity index (χ0n) is 15.8. The van der Waals surface area contributed by atoms with E-state index in [4.69, 9.17) is 5.84 Å². The van der Waals surface area contributed by atoms with E-state index in [1.807, 2.05) is 73.7 Å². The number of nitrogen functional groups attached to an aromatic ring is 1. The summed E-state index contributed by atoms with van der Waals surface area (Å²) in [6.07, 6.45) is 1.75. The number of carbonyl (C=O) groups is 1. The third-order valence-corrected chi connectivity index (χ3v) is 5.17. The number of nitrogens with one attached hydrogen (secondary N) is 1. The Bertz CT molecular complexity index is 1120. The third-order valence-electron chi connectivity index (χ3n) is 4.20. The number of nitrogens with two attached hydrogens (primary N) is 1. The van der Waals surface area contributed by atoms with Gasteiger partial charge in [-0.3, -0.25) is 4.79 Å². The summed E-state index contributed by atoms with van der Waals surface area (Å²) in [5, 5.41) is 7.96. The molecule has 3 N–H and O–H groups in total. The predicted molar refractivity (Wildman–Crippen MR) is 115 cm³/mol. The SMILES string of the molecule is Cc1cc(NC(=O)CSc2nc(-c3ccccc3)cn2N)n(-c2ccccc2)n1. The second-order valence-electron chi connectivity index (χ2n) is 6.44. The topological polar surface area (TPSA) is 90.8 Å². The molecular weight excluding hydrogens is 384 g/mol. The van der Waals surface area contributed by atoms with Crippen molar-refractivity contribution in [2.75, 3.05) is 16.9 Å². The van der Waals surface area contributed by atoms with Gasteiger partial charge < -0.3 is 11.2 Å². The van der Waals surface area contributed by atoms with E-state index >= 15 is 0 Å². The van der Waals surface area contributed by atoms with Crippen molar-refractivity contribution in [3.05, 3.63) is 78.6 Å². The summed E-state index contributed by atoms with van der Waals surface area (Å²) < 4.78 is 3.16. The zero-order chi connectivity index (χ0) is 20.2. The van der Waals surface area contributed by atoms with Crippen LogP contribution < -0.4 is 11.2 Å². The summed E-state index contributed by atoms with van der Waals surface area (Å²) in [5.74, 6) is 6.66. The fourth-order valence-electron chi connectivity index (χ4n) is 2.89. The number of aromatic nitrogens is 4. The van der Waals surface area contributed by atoms with Crippen LogP contribution in [0.3, 0.4) is 0 Å². The van der Waals surface area contributed by atoms with Crippen molar-refractivity contribution < 1.29 is 4.79 Å². The fraction of sp³-hybridized carbons (Fsp3) is 0.0952. The lowest BCUT2D eigenvalue weighted by Crippen LogP contribution is -2.18. The van der Waals surface area contributed by atoms with Crippen LogP contribution in [0.25, 0.3) is 16.9 Å². The lowest BCUT2D eigenvalue weighted by molar-refractivity contribution is -0.113. The largest absolute Gasteiger partial charge is 0.337 e. The van der Waals surface area contributed by atoms with Crippen molar-refractivity contribution in [3.8, 4) is 16.9 Å². The first-order valence-electron chi connectivity index (χ1n) is 9.05. The summed E-state index contributed by atoms with van der Waals surface area (Å²) in [5.41, 5.74) is 3.45. The van der Waals surface area contributed by atoms with Crippen LogP contribution in [0.4, 0.5) is 5.82 Å².